The van der Waals surface area contributed by atoms with Gasteiger partial charge in [-0.2, -0.15) is 0 Å². The van der Waals surface area contributed by atoms with Crippen LogP contribution in [0.15, 0.2) is 54.6 Å². The number of aromatic nitrogens is 2. The van der Waals surface area contributed by atoms with Gasteiger partial charge in [0.05, 0.1) is 11.0 Å². The molecule has 23 heavy (non-hydrogen) atoms. The number of hydrogen-bond donors (Lipinski definition) is 0. The lowest BCUT2D eigenvalue weighted by molar-refractivity contribution is 0.986. The van der Waals surface area contributed by atoms with Crippen LogP contribution in [0.3, 0.4) is 0 Å². The lowest BCUT2D eigenvalue weighted by Crippen LogP contribution is -1.93. The highest BCUT2D eigenvalue weighted by Crippen LogP contribution is 2.39. The smallest absolute Gasteiger partial charge is 0.0739 e. The fraction of sp³-hybridized carbons (Fsp3) is 0.143. The summed E-state index contributed by atoms with van der Waals surface area (Å²) in [7, 11) is 4.28. The van der Waals surface area contributed by atoms with Crippen molar-refractivity contribution in [2.24, 2.45) is 14.1 Å². The van der Waals surface area contributed by atoms with Gasteiger partial charge in [-0.3, -0.25) is 0 Å². The van der Waals surface area contributed by atoms with Crippen molar-refractivity contribution in [1.29, 1.82) is 0 Å². The van der Waals surface area contributed by atoms with Gasteiger partial charge in [0.1, 0.15) is 0 Å². The summed E-state index contributed by atoms with van der Waals surface area (Å²) >= 11 is 0. The van der Waals surface area contributed by atoms with Gasteiger partial charge >= 0.3 is 0 Å². The molecule has 2 nitrogen and oxygen atoms in total. The molecule has 5 rings (SSSR count). The maximum Gasteiger partial charge on any atom is 0.0739 e. The quantitative estimate of drug-likeness (QED) is 0.368. The van der Waals surface area contributed by atoms with Crippen molar-refractivity contribution in [3.05, 3.63) is 60.2 Å². The van der Waals surface area contributed by atoms with Crippen molar-refractivity contribution in [3.8, 4) is 0 Å². The second kappa shape index (κ2) is 4.17. The monoisotopic (exact) mass is 299 g/mol. The lowest BCUT2D eigenvalue weighted by atomic mass is 10.0. The molecule has 5 aromatic rings. The Morgan fingerprint density at radius 2 is 1.35 bits per heavy atom. The zero-order chi connectivity index (χ0) is 16.4. The SMILES string of the molecule is [2H]Cc1cc2c3ccccc3n(C)c2c2c1c1ccccc1n2C. The van der Waals surface area contributed by atoms with Gasteiger partial charge in [0.15, 0.2) is 0 Å². The van der Waals surface area contributed by atoms with E-state index >= 15 is 0 Å². The predicted molar refractivity (Wildman–Crippen MR) is 99.1 cm³/mol. The average Bonchev–Trinajstić information content (AvgIpc) is 3.08. The van der Waals surface area contributed by atoms with E-state index in [2.05, 4.69) is 77.8 Å². The van der Waals surface area contributed by atoms with Crippen molar-refractivity contribution >= 4 is 43.6 Å². The molecule has 2 heterocycles. The third-order valence-electron chi connectivity index (χ3n) is 5.12. The fourth-order valence-electron chi connectivity index (χ4n) is 4.10. The van der Waals surface area contributed by atoms with Crippen LogP contribution in [-0.2, 0) is 14.1 Å². The van der Waals surface area contributed by atoms with Gasteiger partial charge in [-0.05, 0) is 30.7 Å². The summed E-state index contributed by atoms with van der Waals surface area (Å²) in [4.78, 5) is 0. The molecule has 0 amide bonds. The number of aryl methyl sites for hydroxylation is 3. The number of rotatable bonds is 0. The first-order chi connectivity index (χ1) is 11.7. The van der Waals surface area contributed by atoms with Crippen molar-refractivity contribution in [2.45, 2.75) is 6.90 Å². The molecular formula is C21H18N2. The molecule has 0 unspecified atom stereocenters. The second-order valence-corrected chi connectivity index (χ2v) is 6.31. The van der Waals surface area contributed by atoms with Crippen LogP contribution in [0, 0.1) is 6.90 Å². The van der Waals surface area contributed by atoms with Crippen LogP contribution >= 0.6 is 0 Å². The summed E-state index contributed by atoms with van der Waals surface area (Å²) in [6, 6.07) is 19.3. The molecule has 0 N–H and O–H groups in total. The van der Waals surface area contributed by atoms with Crippen molar-refractivity contribution in [3.63, 3.8) is 0 Å². The minimum Gasteiger partial charge on any atom is -0.342 e. The Morgan fingerprint density at radius 3 is 2.09 bits per heavy atom. The Balaban J connectivity index is 2.20. The molecule has 0 aliphatic carbocycles. The lowest BCUT2D eigenvalue weighted by Gasteiger charge is -2.05. The number of para-hydroxylation sites is 2. The number of nitrogens with zero attached hydrogens (tertiary/aromatic N) is 2. The minimum atomic E-state index is 0.295. The van der Waals surface area contributed by atoms with E-state index in [0.717, 1.165) is 5.56 Å². The highest BCUT2D eigenvalue weighted by Gasteiger charge is 2.18. The molecule has 2 heteroatoms. The molecule has 112 valence electrons. The Kier molecular flexibility index (Phi) is 2.13. The van der Waals surface area contributed by atoms with E-state index in [1.54, 1.807) is 0 Å². The van der Waals surface area contributed by atoms with Gasteiger partial charge in [0.25, 0.3) is 0 Å². The summed E-state index contributed by atoms with van der Waals surface area (Å²) in [5, 5.41) is 4.97. The molecule has 0 radical (unpaired) electrons. The van der Waals surface area contributed by atoms with Gasteiger partial charge in [-0.1, -0.05) is 36.4 Å². The van der Waals surface area contributed by atoms with E-state index in [0.29, 0.717) is 6.90 Å². The zero-order valence-corrected chi connectivity index (χ0v) is 13.3. The molecule has 0 bridgehead atoms. The van der Waals surface area contributed by atoms with Gasteiger partial charge in [-0.15, -0.1) is 0 Å². The number of fused-ring (bicyclic) bond motifs is 7. The molecule has 0 fully saturated rings. The molecule has 3 aromatic carbocycles. The van der Waals surface area contributed by atoms with Crippen molar-refractivity contribution in [2.75, 3.05) is 0 Å². The largest absolute Gasteiger partial charge is 0.342 e. The van der Waals surface area contributed by atoms with Gasteiger partial charge < -0.3 is 9.13 Å². The van der Waals surface area contributed by atoms with E-state index in [9.17, 15) is 0 Å². The van der Waals surface area contributed by atoms with Crippen LogP contribution in [0.25, 0.3) is 43.6 Å². The molecule has 2 aromatic heterocycles. The average molecular weight is 299 g/mol. The first-order valence-electron chi connectivity index (χ1n) is 8.58. The minimum absolute atomic E-state index is 0.295. The summed E-state index contributed by atoms with van der Waals surface area (Å²) in [6.07, 6.45) is 0. The van der Waals surface area contributed by atoms with Crippen LogP contribution in [0.5, 0.6) is 0 Å². The van der Waals surface area contributed by atoms with E-state index in [1.807, 2.05) is 0 Å². The molecule has 0 aliphatic rings. The molecular weight excluding hydrogens is 280 g/mol. The van der Waals surface area contributed by atoms with Gasteiger partial charge in [0.2, 0.25) is 0 Å². The zero-order valence-electron chi connectivity index (χ0n) is 14.3. The molecule has 0 aliphatic heterocycles. The van der Waals surface area contributed by atoms with Crippen LogP contribution in [-0.4, -0.2) is 9.13 Å². The van der Waals surface area contributed by atoms with Crippen LogP contribution in [0.4, 0.5) is 0 Å². The van der Waals surface area contributed by atoms with Crippen molar-refractivity contribution < 1.29 is 1.37 Å². The number of benzene rings is 3. The normalized spacial score (nSPS) is 12.7. The third-order valence-corrected chi connectivity index (χ3v) is 5.12. The topological polar surface area (TPSA) is 9.86 Å². The van der Waals surface area contributed by atoms with Crippen LogP contribution in [0.2, 0.25) is 0 Å². The van der Waals surface area contributed by atoms with E-state index in [4.69, 9.17) is 1.37 Å². The van der Waals surface area contributed by atoms with Gasteiger partial charge in [-0.25, -0.2) is 0 Å². The first kappa shape index (κ1) is 11.8. The van der Waals surface area contributed by atoms with Gasteiger partial charge in [0, 0.05) is 48.0 Å². The third kappa shape index (κ3) is 1.43. The predicted octanol–water partition coefficient (Wildman–Crippen LogP) is 5.28. The first-order valence-corrected chi connectivity index (χ1v) is 7.87. The number of hydrogen-bond acceptors (Lipinski definition) is 0. The summed E-state index contributed by atoms with van der Waals surface area (Å²) in [6.45, 7) is 0.295. The van der Waals surface area contributed by atoms with E-state index in [-0.39, 0.29) is 0 Å². The maximum absolute atomic E-state index is 8.08. The second-order valence-electron chi connectivity index (χ2n) is 6.31. The van der Waals surface area contributed by atoms with Crippen molar-refractivity contribution in [1.82, 2.24) is 9.13 Å². The van der Waals surface area contributed by atoms with Crippen LogP contribution < -0.4 is 0 Å². The molecule has 0 spiro atoms. The Morgan fingerprint density at radius 1 is 0.739 bits per heavy atom. The highest BCUT2D eigenvalue weighted by molar-refractivity contribution is 6.23. The summed E-state index contributed by atoms with van der Waals surface area (Å²) in [5.41, 5.74) is 6.04. The Bertz CT molecular complexity index is 1260. The Hall–Kier alpha value is -2.74. The summed E-state index contributed by atoms with van der Waals surface area (Å²) < 4.78 is 12.7. The summed E-state index contributed by atoms with van der Waals surface area (Å²) in [5.74, 6) is 0. The fourth-order valence-corrected chi connectivity index (χ4v) is 4.10. The standard InChI is InChI=1S/C21H18N2/c1-13-12-16-14-8-4-6-10-17(14)22(2)20(16)21-19(13)15-9-5-7-11-18(15)23(21)3/h4-12H,1-3H3/i1D. The van der Waals surface area contributed by atoms with Crippen LogP contribution in [0.1, 0.15) is 6.93 Å². The molecule has 0 saturated carbocycles. The molecule has 0 atom stereocenters. The highest BCUT2D eigenvalue weighted by atomic mass is 15.0. The Labute approximate surface area is 135 Å². The molecule has 0 saturated heterocycles. The van der Waals surface area contributed by atoms with E-state index in [1.165, 1.54) is 43.6 Å². The maximum atomic E-state index is 8.08. The van der Waals surface area contributed by atoms with E-state index < -0.39 is 0 Å².